The van der Waals surface area contributed by atoms with Gasteiger partial charge >= 0.3 is 0 Å². The highest BCUT2D eigenvalue weighted by Gasteiger charge is 2.22. The Morgan fingerprint density at radius 3 is 2.16 bits per heavy atom. The number of aromatic hydroxyl groups is 1. The number of phenolic OH excluding ortho intramolecular Hbond substituents is 1. The molecule has 2 rings (SSSR count). The van der Waals surface area contributed by atoms with E-state index in [1.807, 2.05) is 44.2 Å². The number of hydrogen-bond donors (Lipinski definition) is 1. The Bertz CT molecular complexity index is 564. The van der Waals surface area contributed by atoms with Crippen LogP contribution in [-0.2, 0) is 0 Å². The van der Waals surface area contributed by atoms with Gasteiger partial charge < -0.3 is 10.0 Å². The highest BCUT2D eigenvalue weighted by molar-refractivity contribution is 6.08. The number of para-hydroxylation sites is 2. The molecule has 98 valence electrons. The van der Waals surface area contributed by atoms with E-state index in [0.717, 1.165) is 5.69 Å². The molecule has 3 nitrogen and oxygen atoms in total. The summed E-state index contributed by atoms with van der Waals surface area (Å²) < 4.78 is 0. The summed E-state index contributed by atoms with van der Waals surface area (Å²) in [6.45, 7) is 3.90. The SMILES string of the molecule is CC(C)N(C(=O)c1ccccc1O)c1ccccc1. The van der Waals surface area contributed by atoms with Crippen LogP contribution in [0, 0.1) is 0 Å². The molecular formula is C16H17NO2. The second-order valence-electron chi connectivity index (χ2n) is 4.62. The Labute approximate surface area is 113 Å². The molecule has 0 saturated carbocycles. The summed E-state index contributed by atoms with van der Waals surface area (Å²) in [6.07, 6.45) is 0. The number of rotatable bonds is 3. The lowest BCUT2D eigenvalue weighted by Gasteiger charge is -2.27. The smallest absolute Gasteiger partial charge is 0.262 e. The van der Waals surface area contributed by atoms with E-state index < -0.39 is 0 Å². The van der Waals surface area contributed by atoms with Crippen molar-refractivity contribution in [2.45, 2.75) is 19.9 Å². The lowest BCUT2D eigenvalue weighted by molar-refractivity contribution is 0.0977. The molecule has 0 saturated heterocycles. The van der Waals surface area contributed by atoms with Crippen molar-refractivity contribution in [1.29, 1.82) is 0 Å². The molecule has 3 heteroatoms. The average Bonchev–Trinajstić information content (AvgIpc) is 2.40. The highest BCUT2D eigenvalue weighted by atomic mass is 16.3. The van der Waals surface area contributed by atoms with Crippen molar-refractivity contribution in [3.05, 3.63) is 60.2 Å². The van der Waals surface area contributed by atoms with Crippen LogP contribution in [0.1, 0.15) is 24.2 Å². The first-order valence-corrected chi connectivity index (χ1v) is 6.28. The van der Waals surface area contributed by atoms with Crippen LogP contribution in [0.2, 0.25) is 0 Å². The second-order valence-corrected chi connectivity index (χ2v) is 4.62. The summed E-state index contributed by atoms with van der Waals surface area (Å²) in [5.41, 5.74) is 1.14. The lowest BCUT2D eigenvalue weighted by Crippen LogP contribution is -2.37. The molecule has 0 bridgehead atoms. The van der Waals surface area contributed by atoms with E-state index in [-0.39, 0.29) is 17.7 Å². The van der Waals surface area contributed by atoms with Crippen LogP contribution in [0.5, 0.6) is 5.75 Å². The summed E-state index contributed by atoms with van der Waals surface area (Å²) in [7, 11) is 0. The molecule has 2 aromatic carbocycles. The summed E-state index contributed by atoms with van der Waals surface area (Å²) in [5.74, 6) is -0.187. The van der Waals surface area contributed by atoms with Gasteiger partial charge in [0.05, 0.1) is 5.56 Å². The molecule has 0 aliphatic rings. The van der Waals surface area contributed by atoms with Gasteiger partial charge in [-0.25, -0.2) is 0 Å². The first kappa shape index (κ1) is 13.1. The summed E-state index contributed by atoms with van der Waals surface area (Å²) >= 11 is 0. The highest BCUT2D eigenvalue weighted by Crippen LogP contribution is 2.23. The van der Waals surface area contributed by atoms with Crippen LogP contribution in [0.4, 0.5) is 5.69 Å². The maximum Gasteiger partial charge on any atom is 0.262 e. The van der Waals surface area contributed by atoms with Crippen molar-refractivity contribution >= 4 is 11.6 Å². The third-order valence-electron chi connectivity index (χ3n) is 2.90. The molecule has 1 N–H and O–H groups in total. The minimum absolute atomic E-state index is 0.00841. The van der Waals surface area contributed by atoms with Crippen LogP contribution >= 0.6 is 0 Å². The molecule has 0 fully saturated rings. The van der Waals surface area contributed by atoms with Gasteiger partial charge in [0.15, 0.2) is 0 Å². The Hall–Kier alpha value is -2.29. The normalized spacial score (nSPS) is 10.5. The first-order chi connectivity index (χ1) is 9.11. The zero-order valence-corrected chi connectivity index (χ0v) is 11.1. The molecule has 1 amide bonds. The van der Waals surface area contributed by atoms with Gasteiger partial charge in [-0.15, -0.1) is 0 Å². The molecule has 0 radical (unpaired) electrons. The van der Waals surface area contributed by atoms with Gasteiger partial charge in [0.2, 0.25) is 0 Å². The fraction of sp³-hybridized carbons (Fsp3) is 0.188. The molecule has 0 spiro atoms. The van der Waals surface area contributed by atoms with Crippen LogP contribution in [0.3, 0.4) is 0 Å². The van der Waals surface area contributed by atoms with Crippen LogP contribution in [0.25, 0.3) is 0 Å². The number of nitrogens with zero attached hydrogens (tertiary/aromatic N) is 1. The van der Waals surface area contributed by atoms with Crippen LogP contribution in [-0.4, -0.2) is 17.1 Å². The Kier molecular flexibility index (Phi) is 3.85. The number of anilines is 1. The van der Waals surface area contributed by atoms with Crippen molar-refractivity contribution in [2.24, 2.45) is 0 Å². The molecule has 0 atom stereocenters. The van der Waals surface area contributed by atoms with Gasteiger partial charge in [0.25, 0.3) is 5.91 Å². The number of phenols is 1. The van der Waals surface area contributed by atoms with E-state index in [1.165, 1.54) is 6.07 Å². The number of hydrogen-bond acceptors (Lipinski definition) is 2. The van der Waals surface area contributed by atoms with Crippen molar-refractivity contribution < 1.29 is 9.90 Å². The second kappa shape index (κ2) is 5.57. The Morgan fingerprint density at radius 1 is 1.00 bits per heavy atom. The van der Waals surface area contributed by atoms with Gasteiger partial charge in [-0.1, -0.05) is 30.3 Å². The summed E-state index contributed by atoms with van der Waals surface area (Å²) in [6, 6.07) is 16.1. The van der Waals surface area contributed by atoms with Gasteiger partial charge in [-0.2, -0.15) is 0 Å². The third kappa shape index (κ3) is 2.76. The van der Waals surface area contributed by atoms with Crippen molar-refractivity contribution in [3.8, 4) is 5.75 Å². The Morgan fingerprint density at radius 2 is 1.58 bits per heavy atom. The monoisotopic (exact) mass is 255 g/mol. The molecule has 0 aromatic heterocycles. The minimum Gasteiger partial charge on any atom is -0.507 e. The molecule has 2 aromatic rings. The van der Waals surface area contributed by atoms with E-state index in [0.29, 0.717) is 5.56 Å². The quantitative estimate of drug-likeness (QED) is 0.912. The van der Waals surface area contributed by atoms with E-state index in [1.54, 1.807) is 23.1 Å². The van der Waals surface area contributed by atoms with Crippen LogP contribution < -0.4 is 4.90 Å². The Balaban J connectivity index is 2.41. The topological polar surface area (TPSA) is 40.5 Å². The predicted molar refractivity (Wildman–Crippen MR) is 76.5 cm³/mol. The van der Waals surface area contributed by atoms with Crippen molar-refractivity contribution in [2.75, 3.05) is 4.90 Å². The van der Waals surface area contributed by atoms with Gasteiger partial charge in [-0.3, -0.25) is 4.79 Å². The first-order valence-electron chi connectivity index (χ1n) is 6.28. The zero-order valence-electron chi connectivity index (χ0n) is 11.1. The van der Waals surface area contributed by atoms with E-state index >= 15 is 0 Å². The molecule has 0 aliphatic heterocycles. The van der Waals surface area contributed by atoms with Gasteiger partial charge in [0, 0.05) is 11.7 Å². The minimum atomic E-state index is -0.195. The van der Waals surface area contributed by atoms with Gasteiger partial charge in [0.1, 0.15) is 5.75 Å². The number of amides is 1. The fourth-order valence-corrected chi connectivity index (χ4v) is 2.02. The molecular weight excluding hydrogens is 238 g/mol. The maximum absolute atomic E-state index is 12.6. The van der Waals surface area contributed by atoms with Crippen molar-refractivity contribution in [1.82, 2.24) is 0 Å². The fourth-order valence-electron chi connectivity index (χ4n) is 2.02. The number of carbonyl (C=O) groups is 1. The molecule has 19 heavy (non-hydrogen) atoms. The maximum atomic E-state index is 12.6. The number of benzene rings is 2. The standard InChI is InChI=1S/C16H17NO2/c1-12(2)17(13-8-4-3-5-9-13)16(19)14-10-6-7-11-15(14)18/h3-12,18H,1-2H3. The largest absolute Gasteiger partial charge is 0.507 e. The molecule has 0 heterocycles. The van der Waals surface area contributed by atoms with E-state index in [4.69, 9.17) is 0 Å². The predicted octanol–water partition coefficient (Wildman–Crippen LogP) is 3.45. The zero-order chi connectivity index (χ0) is 13.8. The molecule has 0 aliphatic carbocycles. The third-order valence-corrected chi connectivity index (χ3v) is 2.90. The van der Waals surface area contributed by atoms with Crippen molar-refractivity contribution in [3.63, 3.8) is 0 Å². The van der Waals surface area contributed by atoms with Gasteiger partial charge in [-0.05, 0) is 38.1 Å². The van der Waals surface area contributed by atoms with Crippen LogP contribution in [0.15, 0.2) is 54.6 Å². The lowest BCUT2D eigenvalue weighted by atomic mass is 10.1. The number of carbonyl (C=O) groups excluding carboxylic acids is 1. The summed E-state index contributed by atoms with van der Waals surface area (Å²) in [5, 5.41) is 9.81. The summed E-state index contributed by atoms with van der Waals surface area (Å²) in [4.78, 5) is 14.2. The van der Waals surface area contributed by atoms with E-state index in [9.17, 15) is 9.90 Å². The molecule has 0 unspecified atom stereocenters. The van der Waals surface area contributed by atoms with E-state index in [2.05, 4.69) is 0 Å². The average molecular weight is 255 g/mol.